The zero-order chi connectivity index (χ0) is 21.5. The van der Waals surface area contributed by atoms with E-state index in [1.165, 1.54) is 24.1 Å². The van der Waals surface area contributed by atoms with Crippen LogP contribution in [0.25, 0.3) is 10.9 Å². The molecule has 0 saturated carbocycles. The average Bonchev–Trinajstić information content (AvgIpc) is 3.06. The zero-order valence-corrected chi connectivity index (χ0v) is 20.0. The van der Waals surface area contributed by atoms with E-state index in [0.29, 0.717) is 23.8 Å². The SMILES string of the molecule is CN=C(NCCc1c(C)[nH]c2ccccc12)NCc1cc(OC)ccc1OC(F)F.I. The fourth-order valence-electron chi connectivity index (χ4n) is 3.39. The highest BCUT2D eigenvalue weighted by Gasteiger charge is 2.12. The molecule has 3 aromatic rings. The first-order valence-corrected chi connectivity index (χ1v) is 9.64. The second-order valence-corrected chi connectivity index (χ2v) is 6.73. The Morgan fingerprint density at radius 1 is 1.16 bits per heavy atom. The quantitative estimate of drug-likeness (QED) is 0.220. The maximum Gasteiger partial charge on any atom is 0.387 e. The lowest BCUT2D eigenvalue weighted by atomic mass is 10.1. The van der Waals surface area contributed by atoms with Gasteiger partial charge in [-0.15, -0.1) is 24.0 Å². The van der Waals surface area contributed by atoms with Crippen molar-refractivity contribution >= 4 is 40.8 Å². The highest BCUT2D eigenvalue weighted by Crippen LogP contribution is 2.25. The van der Waals surface area contributed by atoms with Crippen LogP contribution in [0.15, 0.2) is 47.5 Å². The first-order chi connectivity index (χ1) is 14.5. The Balaban J connectivity index is 0.00000341. The maximum atomic E-state index is 12.7. The molecule has 0 aliphatic carbocycles. The number of H-pyrrole nitrogens is 1. The molecule has 0 spiro atoms. The number of aryl methyl sites for hydroxylation is 1. The van der Waals surface area contributed by atoms with Gasteiger partial charge in [0, 0.05) is 42.3 Å². The molecule has 3 N–H and O–H groups in total. The number of para-hydroxylation sites is 1. The van der Waals surface area contributed by atoms with E-state index in [1.807, 2.05) is 12.1 Å². The molecular formula is C22H27F2IN4O2. The predicted octanol–water partition coefficient (Wildman–Crippen LogP) is 4.61. The third-order valence-corrected chi connectivity index (χ3v) is 4.85. The highest BCUT2D eigenvalue weighted by atomic mass is 127. The number of aromatic amines is 1. The van der Waals surface area contributed by atoms with Crippen LogP contribution in [-0.2, 0) is 13.0 Å². The summed E-state index contributed by atoms with van der Waals surface area (Å²) < 4.78 is 35.1. The molecule has 0 bridgehead atoms. The molecule has 0 saturated heterocycles. The van der Waals surface area contributed by atoms with Gasteiger partial charge in [-0.05, 0) is 43.2 Å². The predicted molar refractivity (Wildman–Crippen MR) is 130 cm³/mol. The summed E-state index contributed by atoms with van der Waals surface area (Å²) in [6.45, 7) is 0.0933. The first kappa shape index (κ1) is 24.7. The number of fused-ring (bicyclic) bond motifs is 1. The van der Waals surface area contributed by atoms with Crippen molar-refractivity contribution in [2.75, 3.05) is 20.7 Å². The van der Waals surface area contributed by atoms with Gasteiger partial charge >= 0.3 is 6.61 Å². The number of hydrogen-bond acceptors (Lipinski definition) is 3. The third-order valence-electron chi connectivity index (χ3n) is 4.85. The number of aromatic nitrogens is 1. The fraction of sp³-hybridized carbons (Fsp3) is 0.318. The fourth-order valence-corrected chi connectivity index (χ4v) is 3.39. The largest absolute Gasteiger partial charge is 0.497 e. The van der Waals surface area contributed by atoms with Gasteiger partial charge in [-0.2, -0.15) is 8.78 Å². The summed E-state index contributed by atoms with van der Waals surface area (Å²) in [6, 6.07) is 12.9. The Morgan fingerprint density at radius 2 is 1.94 bits per heavy atom. The van der Waals surface area contributed by atoms with Gasteiger partial charge in [-0.3, -0.25) is 4.99 Å². The molecule has 0 aliphatic heterocycles. The number of benzene rings is 2. The lowest BCUT2D eigenvalue weighted by molar-refractivity contribution is -0.0504. The molecule has 1 heterocycles. The van der Waals surface area contributed by atoms with E-state index >= 15 is 0 Å². The van der Waals surface area contributed by atoms with Gasteiger partial charge in [0.05, 0.1) is 7.11 Å². The number of alkyl halides is 2. The minimum Gasteiger partial charge on any atom is -0.497 e. The second-order valence-electron chi connectivity index (χ2n) is 6.73. The number of hydrogen-bond donors (Lipinski definition) is 3. The van der Waals surface area contributed by atoms with E-state index < -0.39 is 6.61 Å². The number of aliphatic imine (C=N–C) groups is 1. The minimum absolute atomic E-state index is 0. The normalized spacial score (nSPS) is 11.4. The summed E-state index contributed by atoms with van der Waals surface area (Å²) >= 11 is 0. The van der Waals surface area contributed by atoms with Crippen molar-refractivity contribution in [2.24, 2.45) is 4.99 Å². The molecule has 2 aromatic carbocycles. The van der Waals surface area contributed by atoms with Crippen LogP contribution in [0.4, 0.5) is 8.78 Å². The van der Waals surface area contributed by atoms with Gasteiger partial charge in [-0.25, -0.2) is 0 Å². The zero-order valence-electron chi connectivity index (χ0n) is 17.7. The Labute approximate surface area is 197 Å². The van der Waals surface area contributed by atoms with Crippen LogP contribution in [0, 0.1) is 6.92 Å². The molecular weight excluding hydrogens is 517 g/mol. The van der Waals surface area contributed by atoms with Crippen LogP contribution in [0.1, 0.15) is 16.8 Å². The van der Waals surface area contributed by atoms with Crippen molar-refractivity contribution in [3.8, 4) is 11.5 Å². The molecule has 168 valence electrons. The van der Waals surface area contributed by atoms with E-state index in [9.17, 15) is 8.78 Å². The molecule has 0 aliphatic rings. The molecule has 6 nitrogen and oxygen atoms in total. The van der Waals surface area contributed by atoms with Gasteiger partial charge in [0.25, 0.3) is 0 Å². The molecule has 0 radical (unpaired) electrons. The van der Waals surface area contributed by atoms with Crippen molar-refractivity contribution in [2.45, 2.75) is 26.5 Å². The van der Waals surface area contributed by atoms with Crippen LogP contribution >= 0.6 is 24.0 Å². The number of halogens is 3. The van der Waals surface area contributed by atoms with Crippen LogP contribution in [-0.4, -0.2) is 38.3 Å². The third kappa shape index (κ3) is 6.46. The molecule has 3 rings (SSSR count). The Kier molecular flexibility index (Phi) is 9.35. The number of ether oxygens (including phenoxy) is 2. The summed E-state index contributed by atoms with van der Waals surface area (Å²) in [5, 5.41) is 7.61. The summed E-state index contributed by atoms with van der Waals surface area (Å²) in [7, 11) is 3.18. The molecule has 0 fully saturated rings. The maximum absolute atomic E-state index is 12.7. The number of rotatable bonds is 8. The van der Waals surface area contributed by atoms with E-state index in [-0.39, 0.29) is 36.3 Å². The molecule has 9 heteroatoms. The van der Waals surface area contributed by atoms with Crippen LogP contribution in [0.2, 0.25) is 0 Å². The smallest absolute Gasteiger partial charge is 0.387 e. The van der Waals surface area contributed by atoms with Crippen LogP contribution < -0.4 is 20.1 Å². The van der Waals surface area contributed by atoms with Gasteiger partial charge in [0.15, 0.2) is 5.96 Å². The molecule has 0 amide bonds. The summed E-state index contributed by atoms with van der Waals surface area (Å²) in [5.74, 6) is 1.23. The minimum atomic E-state index is -2.89. The first-order valence-electron chi connectivity index (χ1n) is 9.64. The second kappa shape index (κ2) is 11.7. The van der Waals surface area contributed by atoms with Crippen LogP contribution in [0.5, 0.6) is 11.5 Å². The van der Waals surface area contributed by atoms with E-state index in [4.69, 9.17) is 4.74 Å². The topological polar surface area (TPSA) is 70.7 Å². The highest BCUT2D eigenvalue weighted by molar-refractivity contribution is 14.0. The van der Waals surface area contributed by atoms with Crippen molar-refractivity contribution < 1.29 is 18.3 Å². The number of guanidine groups is 1. The lowest BCUT2D eigenvalue weighted by Gasteiger charge is -2.15. The molecule has 0 atom stereocenters. The lowest BCUT2D eigenvalue weighted by Crippen LogP contribution is -2.38. The van der Waals surface area contributed by atoms with Crippen molar-refractivity contribution in [3.05, 3.63) is 59.3 Å². The Morgan fingerprint density at radius 3 is 2.65 bits per heavy atom. The average molecular weight is 544 g/mol. The Hall–Kier alpha value is -2.56. The van der Waals surface area contributed by atoms with E-state index in [1.54, 1.807) is 19.2 Å². The van der Waals surface area contributed by atoms with Gasteiger partial charge in [0.2, 0.25) is 0 Å². The number of nitrogens with one attached hydrogen (secondary N) is 3. The van der Waals surface area contributed by atoms with Gasteiger partial charge in [-0.1, -0.05) is 18.2 Å². The van der Waals surface area contributed by atoms with Gasteiger partial charge in [0.1, 0.15) is 11.5 Å². The van der Waals surface area contributed by atoms with Crippen molar-refractivity contribution in [1.82, 2.24) is 15.6 Å². The van der Waals surface area contributed by atoms with E-state index in [2.05, 4.69) is 44.4 Å². The summed E-state index contributed by atoms with van der Waals surface area (Å²) in [6.07, 6.45) is 0.815. The molecule has 31 heavy (non-hydrogen) atoms. The van der Waals surface area contributed by atoms with E-state index in [0.717, 1.165) is 17.6 Å². The monoisotopic (exact) mass is 544 g/mol. The standard InChI is InChI=1S/C22H26F2N4O2.HI/c1-14-17(18-6-4-5-7-19(18)28-14)10-11-26-22(25-2)27-13-15-12-16(29-3)8-9-20(15)30-21(23)24;/h4-9,12,21,28H,10-11,13H2,1-3H3,(H2,25,26,27);1H. The van der Waals surface area contributed by atoms with Gasteiger partial charge < -0.3 is 25.1 Å². The molecule has 0 unspecified atom stereocenters. The Bertz CT molecular complexity index is 1020. The number of nitrogens with zero attached hydrogens (tertiary/aromatic N) is 1. The number of methoxy groups -OCH3 is 1. The van der Waals surface area contributed by atoms with Crippen molar-refractivity contribution in [1.29, 1.82) is 0 Å². The summed E-state index contributed by atoms with van der Waals surface area (Å²) in [5.41, 5.74) is 4.07. The summed E-state index contributed by atoms with van der Waals surface area (Å²) in [4.78, 5) is 7.60. The van der Waals surface area contributed by atoms with Crippen LogP contribution in [0.3, 0.4) is 0 Å². The van der Waals surface area contributed by atoms with Crippen molar-refractivity contribution in [3.63, 3.8) is 0 Å². The molecule has 1 aromatic heterocycles.